The molecule has 0 atom stereocenters. The Kier molecular flexibility index (Phi) is 6.52. The van der Waals surface area contributed by atoms with Crippen molar-refractivity contribution < 1.29 is 17.9 Å². The summed E-state index contributed by atoms with van der Waals surface area (Å²) in [5, 5.41) is 0.685. The summed E-state index contributed by atoms with van der Waals surface area (Å²) in [6.45, 7) is 4.14. The molecule has 0 radical (unpaired) electrons. The van der Waals surface area contributed by atoms with Gasteiger partial charge in [-0.25, -0.2) is 13.4 Å². The molecule has 0 N–H and O–H groups in total. The first-order valence-corrected chi connectivity index (χ1v) is 13.0. The van der Waals surface area contributed by atoms with Gasteiger partial charge >= 0.3 is 0 Å². The van der Waals surface area contributed by atoms with E-state index in [9.17, 15) is 13.2 Å². The number of thiophene rings is 1. The molecule has 0 spiro atoms. The van der Waals surface area contributed by atoms with Crippen LogP contribution in [0.15, 0.2) is 40.4 Å². The number of aryl methyl sites for hydroxylation is 1. The molecule has 0 unspecified atom stereocenters. The fourth-order valence-corrected chi connectivity index (χ4v) is 6.73. The number of Topliss-reactive ketones (excluding diaryl/α,β-unsaturated/α-hetero) is 1. The third-order valence-electron chi connectivity index (χ3n) is 4.79. The number of hydrogen-bond donors (Lipinski definition) is 0. The average Bonchev–Trinajstić information content (AvgIpc) is 3.35. The van der Waals surface area contributed by atoms with Crippen LogP contribution in [0.1, 0.15) is 16.6 Å². The second kappa shape index (κ2) is 8.97. The van der Waals surface area contributed by atoms with Gasteiger partial charge in [0.25, 0.3) is 0 Å². The fraction of sp³-hybridized carbons (Fsp3) is 0.368. The van der Waals surface area contributed by atoms with Gasteiger partial charge in [-0.1, -0.05) is 23.4 Å². The van der Waals surface area contributed by atoms with E-state index < -0.39 is 10.0 Å². The van der Waals surface area contributed by atoms with E-state index in [0.29, 0.717) is 52.7 Å². The number of thioether (sulfide) groups is 1. The van der Waals surface area contributed by atoms with E-state index in [1.165, 1.54) is 27.4 Å². The van der Waals surface area contributed by atoms with Crippen molar-refractivity contribution in [1.82, 2.24) is 13.9 Å². The number of carbonyl (C=O) groups excluding carboxylic acids is 1. The highest BCUT2D eigenvalue weighted by molar-refractivity contribution is 7.99. The predicted molar refractivity (Wildman–Crippen MR) is 119 cm³/mol. The number of ketones is 1. The van der Waals surface area contributed by atoms with Crippen molar-refractivity contribution in [3.05, 3.63) is 39.5 Å². The van der Waals surface area contributed by atoms with Gasteiger partial charge in [0.15, 0.2) is 10.9 Å². The van der Waals surface area contributed by atoms with Crippen molar-refractivity contribution in [1.29, 1.82) is 0 Å². The van der Waals surface area contributed by atoms with Gasteiger partial charge in [-0.3, -0.25) is 4.79 Å². The summed E-state index contributed by atoms with van der Waals surface area (Å²) < 4.78 is 35.1. The summed E-state index contributed by atoms with van der Waals surface area (Å²) in [5.41, 5.74) is 1.44. The van der Waals surface area contributed by atoms with Crippen molar-refractivity contribution in [2.75, 3.05) is 32.1 Å². The number of aromatic nitrogens is 2. The number of sulfonamides is 1. The van der Waals surface area contributed by atoms with Crippen LogP contribution in [-0.2, 0) is 21.3 Å². The van der Waals surface area contributed by atoms with Gasteiger partial charge in [0.1, 0.15) is 0 Å². The zero-order chi connectivity index (χ0) is 21.3. The average molecular weight is 486 g/mol. The van der Waals surface area contributed by atoms with Crippen LogP contribution in [0, 0.1) is 0 Å². The molecule has 4 rings (SSSR count). The minimum atomic E-state index is -3.59. The monoisotopic (exact) mass is 485 g/mol. The molecule has 2 aromatic heterocycles. The Morgan fingerprint density at radius 2 is 2.03 bits per heavy atom. The minimum absolute atomic E-state index is 0.0119. The van der Waals surface area contributed by atoms with Crippen LogP contribution in [0.5, 0.6) is 0 Å². The predicted octanol–water partition coefficient (Wildman–Crippen LogP) is 3.77. The lowest BCUT2D eigenvalue weighted by molar-refractivity contribution is 0.0730. The van der Waals surface area contributed by atoms with E-state index in [1.807, 2.05) is 11.5 Å². The zero-order valence-electron chi connectivity index (χ0n) is 16.2. The van der Waals surface area contributed by atoms with Gasteiger partial charge in [0.2, 0.25) is 10.0 Å². The topological polar surface area (TPSA) is 81.5 Å². The van der Waals surface area contributed by atoms with Gasteiger partial charge < -0.3 is 9.30 Å². The Labute approximate surface area is 188 Å². The van der Waals surface area contributed by atoms with Crippen LogP contribution in [0.25, 0.3) is 11.0 Å². The third kappa shape index (κ3) is 4.30. The van der Waals surface area contributed by atoms with E-state index >= 15 is 0 Å². The van der Waals surface area contributed by atoms with Gasteiger partial charge in [-0.2, -0.15) is 4.31 Å². The summed E-state index contributed by atoms with van der Waals surface area (Å²) in [5.74, 6) is 0.223. The van der Waals surface area contributed by atoms with Crippen LogP contribution in [0.4, 0.5) is 0 Å². The molecular formula is C19H20ClN3O4S3. The fourth-order valence-electron chi connectivity index (χ4n) is 3.27. The summed E-state index contributed by atoms with van der Waals surface area (Å²) in [6, 6.07) is 8.44. The van der Waals surface area contributed by atoms with Crippen molar-refractivity contribution >= 4 is 61.5 Å². The maximum atomic E-state index is 12.9. The number of imidazole rings is 1. The van der Waals surface area contributed by atoms with Crippen molar-refractivity contribution in [3.63, 3.8) is 0 Å². The molecule has 1 aromatic carbocycles. The first-order chi connectivity index (χ1) is 14.4. The van der Waals surface area contributed by atoms with Gasteiger partial charge in [0, 0.05) is 19.6 Å². The summed E-state index contributed by atoms with van der Waals surface area (Å²) in [7, 11) is -3.59. The molecule has 11 heteroatoms. The molecule has 1 fully saturated rings. The second-order valence-corrected chi connectivity index (χ2v) is 11.2. The lowest BCUT2D eigenvalue weighted by Crippen LogP contribution is -2.40. The zero-order valence-corrected chi connectivity index (χ0v) is 19.4. The summed E-state index contributed by atoms with van der Waals surface area (Å²) in [6.07, 6.45) is 0. The Hall–Kier alpha value is -1.43. The Morgan fingerprint density at radius 3 is 2.70 bits per heavy atom. The maximum Gasteiger partial charge on any atom is 0.243 e. The molecule has 7 nitrogen and oxygen atoms in total. The number of carbonyl (C=O) groups is 1. The largest absolute Gasteiger partial charge is 0.379 e. The molecule has 3 aromatic rings. The summed E-state index contributed by atoms with van der Waals surface area (Å²) in [4.78, 5) is 17.9. The van der Waals surface area contributed by atoms with Crippen molar-refractivity contribution in [2.45, 2.75) is 23.5 Å². The number of morpholine rings is 1. The molecule has 1 aliphatic heterocycles. The van der Waals surface area contributed by atoms with Crippen molar-refractivity contribution in [2.24, 2.45) is 0 Å². The Balaban J connectivity index is 1.59. The molecule has 160 valence electrons. The highest BCUT2D eigenvalue weighted by atomic mass is 35.5. The SMILES string of the molecule is CCn1c(SCC(=O)c2ccc(Cl)s2)nc2cc(S(=O)(=O)N3CCOCC3)ccc21. The van der Waals surface area contributed by atoms with Crippen LogP contribution in [0.2, 0.25) is 4.34 Å². The van der Waals surface area contributed by atoms with E-state index in [1.54, 1.807) is 30.3 Å². The smallest absolute Gasteiger partial charge is 0.243 e. The number of halogens is 1. The number of hydrogen-bond acceptors (Lipinski definition) is 7. The molecule has 1 aliphatic rings. The number of fused-ring (bicyclic) bond motifs is 1. The van der Waals surface area contributed by atoms with E-state index in [0.717, 1.165) is 5.52 Å². The van der Waals surface area contributed by atoms with Gasteiger partial charge in [-0.05, 0) is 37.3 Å². The second-order valence-electron chi connectivity index (χ2n) is 6.62. The Bertz CT molecular complexity index is 1180. The molecule has 30 heavy (non-hydrogen) atoms. The highest BCUT2D eigenvalue weighted by Crippen LogP contribution is 2.29. The molecular weight excluding hydrogens is 466 g/mol. The third-order valence-corrected chi connectivity index (χ3v) is 8.93. The quantitative estimate of drug-likeness (QED) is 0.374. The van der Waals surface area contributed by atoms with E-state index in [2.05, 4.69) is 4.98 Å². The standard InChI is InChI=1S/C19H20ClN3O4S3/c1-2-23-15-4-3-13(30(25,26)22-7-9-27-10-8-22)11-14(15)21-19(23)28-12-16(24)17-5-6-18(20)29-17/h3-6,11H,2,7-10,12H2,1H3. The van der Waals surface area contributed by atoms with Gasteiger partial charge in [0.05, 0.1) is 44.1 Å². The van der Waals surface area contributed by atoms with Crippen molar-refractivity contribution in [3.8, 4) is 0 Å². The maximum absolute atomic E-state index is 12.9. The normalized spacial score (nSPS) is 15.7. The molecule has 0 saturated carbocycles. The number of nitrogens with zero attached hydrogens (tertiary/aromatic N) is 3. The van der Waals surface area contributed by atoms with E-state index in [4.69, 9.17) is 16.3 Å². The van der Waals surface area contributed by atoms with Crippen LogP contribution >= 0.6 is 34.7 Å². The van der Waals surface area contributed by atoms with Crippen LogP contribution < -0.4 is 0 Å². The van der Waals surface area contributed by atoms with Gasteiger partial charge in [-0.15, -0.1) is 11.3 Å². The Morgan fingerprint density at radius 1 is 1.27 bits per heavy atom. The van der Waals surface area contributed by atoms with E-state index in [-0.39, 0.29) is 16.4 Å². The lowest BCUT2D eigenvalue weighted by Gasteiger charge is -2.26. The highest BCUT2D eigenvalue weighted by Gasteiger charge is 2.27. The first-order valence-electron chi connectivity index (χ1n) is 9.39. The molecule has 1 saturated heterocycles. The van der Waals surface area contributed by atoms with Crippen LogP contribution in [0.3, 0.4) is 0 Å². The summed E-state index contributed by atoms with van der Waals surface area (Å²) >= 11 is 8.51. The number of ether oxygens (including phenoxy) is 1. The molecule has 0 amide bonds. The molecule has 0 bridgehead atoms. The molecule has 3 heterocycles. The number of benzene rings is 1. The lowest BCUT2D eigenvalue weighted by atomic mass is 10.3. The minimum Gasteiger partial charge on any atom is -0.379 e. The van der Waals surface area contributed by atoms with Crippen LogP contribution in [-0.4, -0.2) is 60.1 Å². The molecule has 0 aliphatic carbocycles. The number of rotatable bonds is 7. The first kappa shape index (κ1) is 21.8.